The molecular formula is C7H11F3O2S. The summed E-state index contributed by atoms with van der Waals surface area (Å²) < 4.78 is 34.9. The lowest BCUT2D eigenvalue weighted by atomic mass is 9.91. The normalized spacial score (nSPS) is 13.0. The first-order chi connectivity index (χ1) is 5.65. The molecule has 0 heterocycles. The summed E-state index contributed by atoms with van der Waals surface area (Å²) >= 11 is -0.185. The predicted octanol–water partition coefficient (Wildman–Crippen LogP) is 2.74. The van der Waals surface area contributed by atoms with Crippen LogP contribution in [0.1, 0.15) is 20.3 Å². The fourth-order valence-electron chi connectivity index (χ4n) is 0.529. The summed E-state index contributed by atoms with van der Waals surface area (Å²) in [7, 11) is 0. The Hall–Kier alpha value is -0.390. The summed E-state index contributed by atoms with van der Waals surface area (Å²) in [5.41, 5.74) is -5.35. The minimum atomic E-state index is -4.27. The van der Waals surface area contributed by atoms with Gasteiger partial charge in [-0.05, 0) is 20.3 Å². The Morgan fingerprint density at radius 3 is 2.15 bits per heavy atom. The topological polar surface area (TPSA) is 37.3 Å². The molecule has 0 saturated heterocycles. The molecule has 1 N–H and O–H groups in total. The number of carboxylic acids is 1. The Balaban J connectivity index is 3.84. The minimum Gasteiger partial charge on any atom is -0.481 e. The average Bonchev–Trinajstić information content (AvgIpc) is 1.82. The quantitative estimate of drug-likeness (QED) is 0.785. The van der Waals surface area contributed by atoms with Crippen molar-refractivity contribution in [2.45, 2.75) is 25.8 Å². The van der Waals surface area contributed by atoms with Crippen LogP contribution in [0.25, 0.3) is 0 Å². The molecule has 0 atom stereocenters. The van der Waals surface area contributed by atoms with E-state index in [0.29, 0.717) is 0 Å². The lowest BCUT2D eigenvalue weighted by Crippen LogP contribution is -2.24. The van der Waals surface area contributed by atoms with Gasteiger partial charge in [0.25, 0.3) is 0 Å². The van der Waals surface area contributed by atoms with E-state index in [1.807, 2.05) is 0 Å². The summed E-state index contributed by atoms with van der Waals surface area (Å²) in [6, 6.07) is 0. The highest BCUT2D eigenvalue weighted by atomic mass is 32.2. The lowest BCUT2D eigenvalue weighted by Gasteiger charge is -2.18. The van der Waals surface area contributed by atoms with Crippen LogP contribution in [0.2, 0.25) is 0 Å². The van der Waals surface area contributed by atoms with Gasteiger partial charge in [0.05, 0.1) is 5.41 Å². The van der Waals surface area contributed by atoms with Crippen LogP contribution in [-0.2, 0) is 4.79 Å². The number of aliphatic carboxylic acids is 1. The van der Waals surface area contributed by atoms with E-state index in [1.54, 1.807) is 0 Å². The summed E-state index contributed by atoms with van der Waals surface area (Å²) in [4.78, 5) is 10.5. The standard InChI is InChI=1S/C7H11F3O2S/c1-6(2,5(11)12)3-4-13-7(8,9)10/h3-4H2,1-2H3,(H,11,12). The first-order valence-corrected chi connectivity index (χ1v) is 4.58. The molecule has 13 heavy (non-hydrogen) atoms. The third kappa shape index (κ3) is 5.79. The smallest absolute Gasteiger partial charge is 0.441 e. The maximum absolute atomic E-state index is 11.6. The van der Waals surface area contributed by atoms with Gasteiger partial charge >= 0.3 is 11.5 Å². The molecule has 0 aromatic heterocycles. The molecule has 0 aliphatic carbocycles. The summed E-state index contributed by atoms with van der Waals surface area (Å²) in [6.45, 7) is 2.82. The zero-order valence-corrected chi connectivity index (χ0v) is 8.13. The Labute approximate surface area is 78.5 Å². The van der Waals surface area contributed by atoms with Crippen molar-refractivity contribution < 1.29 is 23.1 Å². The van der Waals surface area contributed by atoms with E-state index < -0.39 is 16.9 Å². The summed E-state index contributed by atoms with van der Waals surface area (Å²) in [6.07, 6.45) is 0.00646. The molecule has 2 nitrogen and oxygen atoms in total. The van der Waals surface area contributed by atoms with Gasteiger partial charge in [0.1, 0.15) is 0 Å². The Kier molecular flexibility index (Phi) is 4.09. The van der Waals surface area contributed by atoms with Crippen LogP contribution in [0.3, 0.4) is 0 Å². The van der Waals surface area contributed by atoms with Gasteiger partial charge in [0.15, 0.2) is 0 Å². The molecule has 0 fully saturated rings. The molecule has 0 unspecified atom stereocenters. The molecule has 0 amide bonds. The van der Waals surface area contributed by atoms with Crippen molar-refractivity contribution in [3.63, 3.8) is 0 Å². The van der Waals surface area contributed by atoms with Crippen LogP contribution < -0.4 is 0 Å². The van der Waals surface area contributed by atoms with Crippen LogP contribution >= 0.6 is 11.8 Å². The van der Waals surface area contributed by atoms with Crippen LogP contribution in [0.4, 0.5) is 13.2 Å². The highest BCUT2D eigenvalue weighted by Crippen LogP contribution is 2.33. The molecule has 0 aliphatic rings. The van der Waals surface area contributed by atoms with Gasteiger partial charge < -0.3 is 5.11 Å². The average molecular weight is 216 g/mol. The third-order valence-corrected chi connectivity index (χ3v) is 2.31. The van der Waals surface area contributed by atoms with E-state index in [-0.39, 0.29) is 23.9 Å². The van der Waals surface area contributed by atoms with Crippen molar-refractivity contribution in [2.24, 2.45) is 5.41 Å². The van der Waals surface area contributed by atoms with Crippen LogP contribution in [0.5, 0.6) is 0 Å². The number of alkyl halides is 3. The van der Waals surface area contributed by atoms with Crippen molar-refractivity contribution >= 4 is 17.7 Å². The molecule has 0 aromatic carbocycles. The van der Waals surface area contributed by atoms with Gasteiger partial charge in [-0.15, -0.1) is 0 Å². The Bertz CT molecular complexity index is 189. The minimum absolute atomic E-state index is 0.00646. The second-order valence-corrected chi connectivity index (χ2v) is 4.39. The van der Waals surface area contributed by atoms with Gasteiger partial charge in [-0.25, -0.2) is 0 Å². The molecule has 0 rings (SSSR count). The van der Waals surface area contributed by atoms with Gasteiger partial charge in [-0.2, -0.15) is 13.2 Å². The maximum atomic E-state index is 11.6. The molecule has 0 bridgehead atoms. The molecule has 0 radical (unpaired) electrons. The zero-order valence-electron chi connectivity index (χ0n) is 7.31. The Morgan fingerprint density at radius 1 is 1.38 bits per heavy atom. The second kappa shape index (κ2) is 4.21. The number of carboxylic acid groups (broad SMARTS) is 1. The van der Waals surface area contributed by atoms with Gasteiger partial charge in [0.2, 0.25) is 0 Å². The van der Waals surface area contributed by atoms with Crippen molar-refractivity contribution in [3.05, 3.63) is 0 Å². The predicted molar refractivity (Wildman–Crippen MR) is 44.5 cm³/mol. The van der Waals surface area contributed by atoms with Crippen LogP contribution in [0, 0.1) is 5.41 Å². The van der Waals surface area contributed by atoms with E-state index in [4.69, 9.17) is 5.11 Å². The van der Waals surface area contributed by atoms with E-state index >= 15 is 0 Å². The number of hydrogen-bond acceptors (Lipinski definition) is 2. The number of carbonyl (C=O) groups is 1. The number of halogens is 3. The third-order valence-electron chi connectivity index (χ3n) is 1.57. The maximum Gasteiger partial charge on any atom is 0.441 e. The number of hydrogen-bond donors (Lipinski definition) is 1. The first kappa shape index (κ1) is 12.6. The monoisotopic (exact) mass is 216 g/mol. The van der Waals surface area contributed by atoms with Crippen molar-refractivity contribution in [1.29, 1.82) is 0 Å². The number of thioether (sulfide) groups is 1. The van der Waals surface area contributed by atoms with Crippen LogP contribution in [-0.4, -0.2) is 22.3 Å². The fourth-order valence-corrected chi connectivity index (χ4v) is 1.37. The molecule has 0 aliphatic heterocycles. The second-order valence-electron chi connectivity index (χ2n) is 3.23. The fraction of sp³-hybridized carbons (Fsp3) is 0.857. The lowest BCUT2D eigenvalue weighted by molar-refractivity contribution is -0.147. The van der Waals surface area contributed by atoms with E-state index in [0.717, 1.165) is 0 Å². The molecule has 0 aromatic rings. The molecule has 0 spiro atoms. The van der Waals surface area contributed by atoms with Gasteiger partial charge in [-0.1, -0.05) is 11.8 Å². The first-order valence-electron chi connectivity index (χ1n) is 3.59. The summed E-state index contributed by atoms with van der Waals surface area (Å²) in [5.74, 6) is -1.29. The van der Waals surface area contributed by atoms with E-state index in [2.05, 4.69) is 0 Å². The van der Waals surface area contributed by atoms with Crippen molar-refractivity contribution in [1.82, 2.24) is 0 Å². The largest absolute Gasteiger partial charge is 0.481 e. The van der Waals surface area contributed by atoms with Crippen LogP contribution in [0.15, 0.2) is 0 Å². The SMILES string of the molecule is CC(C)(CCSC(F)(F)F)C(=O)O. The highest BCUT2D eigenvalue weighted by Gasteiger charge is 2.32. The molecular weight excluding hydrogens is 205 g/mol. The molecule has 6 heteroatoms. The molecule has 78 valence electrons. The van der Waals surface area contributed by atoms with E-state index in [1.165, 1.54) is 13.8 Å². The zero-order chi connectivity index (χ0) is 10.7. The molecule has 0 saturated carbocycles. The Morgan fingerprint density at radius 2 is 1.85 bits per heavy atom. The van der Waals surface area contributed by atoms with Gasteiger partial charge in [-0.3, -0.25) is 4.79 Å². The van der Waals surface area contributed by atoms with Crippen molar-refractivity contribution in [2.75, 3.05) is 5.75 Å². The van der Waals surface area contributed by atoms with Gasteiger partial charge in [0, 0.05) is 5.75 Å². The van der Waals surface area contributed by atoms with Crippen molar-refractivity contribution in [3.8, 4) is 0 Å². The highest BCUT2D eigenvalue weighted by molar-refractivity contribution is 8.00. The summed E-state index contributed by atoms with van der Waals surface area (Å²) in [5, 5.41) is 8.58. The number of rotatable bonds is 4. The van der Waals surface area contributed by atoms with E-state index in [9.17, 15) is 18.0 Å².